The van der Waals surface area contributed by atoms with Crippen molar-refractivity contribution in [2.75, 3.05) is 0 Å². The van der Waals surface area contributed by atoms with Crippen molar-refractivity contribution in [2.24, 2.45) is 0 Å². The Kier molecular flexibility index (Phi) is 5.33. The number of aliphatic hydroxyl groups is 2. The van der Waals surface area contributed by atoms with Crippen LogP contribution in [0.2, 0.25) is 0 Å². The number of rotatable bonds is 6. The van der Waals surface area contributed by atoms with Crippen LogP contribution in [-0.2, 0) is 6.42 Å². The van der Waals surface area contributed by atoms with Crippen LogP contribution in [0.15, 0.2) is 54.6 Å². The van der Waals surface area contributed by atoms with E-state index in [1.807, 2.05) is 30.3 Å². The molecular weight excluding hydrogens is 248 g/mol. The monoisotopic (exact) mass is 270 g/mol. The van der Waals surface area contributed by atoms with Crippen molar-refractivity contribution in [3.8, 4) is 11.1 Å². The number of hydrogen-bond donors (Lipinski definition) is 2. The van der Waals surface area contributed by atoms with E-state index in [2.05, 4.69) is 24.3 Å². The SMILES string of the molecule is CC(O)CCC(O)Cc1ccccc1-c1ccccc1. The lowest BCUT2D eigenvalue weighted by atomic mass is 9.94. The lowest BCUT2D eigenvalue weighted by Crippen LogP contribution is -2.14. The quantitative estimate of drug-likeness (QED) is 0.844. The van der Waals surface area contributed by atoms with E-state index in [0.29, 0.717) is 19.3 Å². The van der Waals surface area contributed by atoms with E-state index in [4.69, 9.17) is 0 Å². The molecule has 0 saturated carbocycles. The third-order valence-electron chi connectivity index (χ3n) is 3.48. The largest absolute Gasteiger partial charge is 0.393 e. The highest BCUT2D eigenvalue weighted by atomic mass is 16.3. The topological polar surface area (TPSA) is 40.5 Å². The van der Waals surface area contributed by atoms with Gasteiger partial charge in [-0.25, -0.2) is 0 Å². The average Bonchev–Trinajstić information content (AvgIpc) is 2.47. The second kappa shape index (κ2) is 7.22. The standard InChI is InChI=1S/C18H22O2/c1-14(19)11-12-17(20)13-16-9-5-6-10-18(16)15-7-3-2-4-8-15/h2-10,14,17,19-20H,11-13H2,1H3. The zero-order chi connectivity index (χ0) is 14.4. The maximum atomic E-state index is 10.1. The summed E-state index contributed by atoms with van der Waals surface area (Å²) in [6.45, 7) is 1.75. The molecule has 0 bridgehead atoms. The molecule has 2 unspecified atom stereocenters. The van der Waals surface area contributed by atoms with Crippen molar-refractivity contribution in [2.45, 2.75) is 38.4 Å². The second-order valence-corrected chi connectivity index (χ2v) is 5.31. The van der Waals surface area contributed by atoms with Crippen molar-refractivity contribution in [1.82, 2.24) is 0 Å². The van der Waals surface area contributed by atoms with E-state index < -0.39 is 6.10 Å². The van der Waals surface area contributed by atoms with Gasteiger partial charge in [-0.05, 0) is 42.9 Å². The van der Waals surface area contributed by atoms with Crippen molar-refractivity contribution >= 4 is 0 Å². The van der Waals surface area contributed by atoms with Crippen LogP contribution in [0.3, 0.4) is 0 Å². The summed E-state index contributed by atoms with van der Waals surface area (Å²) < 4.78 is 0. The second-order valence-electron chi connectivity index (χ2n) is 5.31. The Labute approximate surface area is 120 Å². The molecule has 0 saturated heterocycles. The summed E-state index contributed by atoms with van der Waals surface area (Å²) in [6.07, 6.45) is 1.12. The molecule has 2 rings (SSSR count). The molecule has 106 valence electrons. The van der Waals surface area contributed by atoms with Crippen LogP contribution >= 0.6 is 0 Å². The molecule has 2 aromatic carbocycles. The molecule has 0 spiro atoms. The average molecular weight is 270 g/mol. The van der Waals surface area contributed by atoms with Crippen molar-refractivity contribution < 1.29 is 10.2 Å². The van der Waals surface area contributed by atoms with E-state index in [-0.39, 0.29) is 6.10 Å². The minimum absolute atomic E-state index is 0.353. The number of hydrogen-bond acceptors (Lipinski definition) is 2. The first-order valence-corrected chi connectivity index (χ1v) is 7.16. The summed E-state index contributed by atoms with van der Waals surface area (Å²) in [4.78, 5) is 0. The van der Waals surface area contributed by atoms with Gasteiger partial charge in [0.25, 0.3) is 0 Å². The van der Waals surface area contributed by atoms with Crippen molar-refractivity contribution in [3.05, 3.63) is 60.2 Å². The minimum Gasteiger partial charge on any atom is -0.393 e. The number of benzene rings is 2. The summed E-state index contributed by atoms with van der Waals surface area (Å²) in [5, 5.41) is 19.4. The Bertz CT molecular complexity index is 520. The van der Waals surface area contributed by atoms with Gasteiger partial charge in [-0.2, -0.15) is 0 Å². The Hall–Kier alpha value is -1.64. The lowest BCUT2D eigenvalue weighted by Gasteiger charge is -2.15. The fraction of sp³-hybridized carbons (Fsp3) is 0.333. The molecule has 2 atom stereocenters. The van der Waals surface area contributed by atoms with E-state index >= 15 is 0 Å². The molecular formula is C18H22O2. The van der Waals surface area contributed by atoms with Crippen LogP contribution < -0.4 is 0 Å². The molecule has 0 fully saturated rings. The molecule has 0 aromatic heterocycles. The Balaban J connectivity index is 2.12. The highest BCUT2D eigenvalue weighted by molar-refractivity contribution is 5.67. The van der Waals surface area contributed by atoms with Gasteiger partial charge < -0.3 is 10.2 Å². The van der Waals surface area contributed by atoms with Gasteiger partial charge >= 0.3 is 0 Å². The van der Waals surface area contributed by atoms with Crippen LogP contribution in [0, 0.1) is 0 Å². The molecule has 20 heavy (non-hydrogen) atoms. The number of aliphatic hydroxyl groups excluding tert-OH is 2. The van der Waals surface area contributed by atoms with Gasteiger partial charge in [-0.3, -0.25) is 0 Å². The van der Waals surface area contributed by atoms with E-state index in [0.717, 1.165) is 5.56 Å². The Morgan fingerprint density at radius 1 is 0.850 bits per heavy atom. The fourth-order valence-corrected chi connectivity index (χ4v) is 2.39. The lowest BCUT2D eigenvalue weighted by molar-refractivity contribution is 0.123. The molecule has 2 N–H and O–H groups in total. The zero-order valence-corrected chi connectivity index (χ0v) is 11.9. The van der Waals surface area contributed by atoms with E-state index in [9.17, 15) is 10.2 Å². The highest BCUT2D eigenvalue weighted by Gasteiger charge is 2.11. The van der Waals surface area contributed by atoms with E-state index in [1.54, 1.807) is 6.92 Å². The van der Waals surface area contributed by atoms with Crippen molar-refractivity contribution in [1.29, 1.82) is 0 Å². The first kappa shape index (κ1) is 14.8. The first-order chi connectivity index (χ1) is 9.66. The first-order valence-electron chi connectivity index (χ1n) is 7.16. The summed E-state index contributed by atoms with van der Waals surface area (Å²) in [6, 6.07) is 18.4. The van der Waals surface area contributed by atoms with Gasteiger partial charge in [0.15, 0.2) is 0 Å². The summed E-state index contributed by atoms with van der Waals surface area (Å²) in [7, 11) is 0. The smallest absolute Gasteiger partial charge is 0.0581 e. The Morgan fingerprint density at radius 3 is 2.20 bits per heavy atom. The van der Waals surface area contributed by atoms with Crippen LogP contribution in [0.25, 0.3) is 11.1 Å². The van der Waals surface area contributed by atoms with Gasteiger partial charge in [0.05, 0.1) is 12.2 Å². The van der Waals surface area contributed by atoms with Gasteiger partial charge in [0.2, 0.25) is 0 Å². The van der Waals surface area contributed by atoms with E-state index in [1.165, 1.54) is 11.1 Å². The molecule has 0 amide bonds. The highest BCUT2D eigenvalue weighted by Crippen LogP contribution is 2.25. The zero-order valence-electron chi connectivity index (χ0n) is 11.9. The van der Waals surface area contributed by atoms with Crippen molar-refractivity contribution in [3.63, 3.8) is 0 Å². The van der Waals surface area contributed by atoms with Gasteiger partial charge in [-0.1, -0.05) is 54.6 Å². The van der Waals surface area contributed by atoms with Crippen LogP contribution in [0.5, 0.6) is 0 Å². The molecule has 0 aliphatic rings. The molecule has 0 heterocycles. The molecule has 2 heteroatoms. The molecule has 0 radical (unpaired) electrons. The molecule has 0 aliphatic carbocycles. The summed E-state index contributed by atoms with van der Waals surface area (Å²) in [5.41, 5.74) is 3.49. The normalized spacial score (nSPS) is 13.9. The Morgan fingerprint density at radius 2 is 1.50 bits per heavy atom. The summed E-state index contributed by atoms with van der Waals surface area (Å²) >= 11 is 0. The third kappa shape index (κ3) is 4.19. The molecule has 2 nitrogen and oxygen atoms in total. The maximum Gasteiger partial charge on any atom is 0.0581 e. The maximum absolute atomic E-state index is 10.1. The summed E-state index contributed by atoms with van der Waals surface area (Å²) in [5.74, 6) is 0. The van der Waals surface area contributed by atoms with Gasteiger partial charge in [0.1, 0.15) is 0 Å². The predicted octanol–water partition coefficient (Wildman–Crippen LogP) is 3.42. The predicted molar refractivity (Wildman–Crippen MR) is 82.5 cm³/mol. The third-order valence-corrected chi connectivity index (χ3v) is 3.48. The van der Waals surface area contributed by atoms with Crippen LogP contribution in [0.1, 0.15) is 25.3 Å². The van der Waals surface area contributed by atoms with Crippen LogP contribution in [0.4, 0.5) is 0 Å². The van der Waals surface area contributed by atoms with Gasteiger partial charge in [0, 0.05) is 0 Å². The molecule has 2 aromatic rings. The van der Waals surface area contributed by atoms with Gasteiger partial charge in [-0.15, -0.1) is 0 Å². The molecule has 0 aliphatic heterocycles. The fourth-order valence-electron chi connectivity index (χ4n) is 2.39. The minimum atomic E-state index is -0.408. The van der Waals surface area contributed by atoms with Crippen LogP contribution in [-0.4, -0.2) is 22.4 Å².